The van der Waals surface area contributed by atoms with Gasteiger partial charge in [0.2, 0.25) is 5.91 Å². The van der Waals surface area contributed by atoms with Gasteiger partial charge in [-0.2, -0.15) is 0 Å². The van der Waals surface area contributed by atoms with Crippen molar-refractivity contribution in [3.05, 3.63) is 65.2 Å². The van der Waals surface area contributed by atoms with E-state index in [2.05, 4.69) is 16.0 Å². The normalized spacial score (nSPS) is 11.3. The second kappa shape index (κ2) is 12.8. The topological polar surface area (TPSA) is 96.2 Å². The Balaban J connectivity index is 0.00000450. The van der Waals surface area contributed by atoms with Gasteiger partial charge in [0.25, 0.3) is 0 Å². The second-order valence-corrected chi connectivity index (χ2v) is 7.78. The number of rotatable bonds is 9. The molecule has 0 saturated carbocycles. The maximum absolute atomic E-state index is 12.6. The second-order valence-electron chi connectivity index (χ2n) is 7.78. The van der Waals surface area contributed by atoms with E-state index in [4.69, 9.17) is 5.73 Å². The minimum atomic E-state index is -0.570. The summed E-state index contributed by atoms with van der Waals surface area (Å²) in [5, 5.41) is 8.55. The third-order valence-electron chi connectivity index (χ3n) is 4.60. The molecule has 2 rings (SSSR count). The Bertz CT molecular complexity index is 792. The van der Waals surface area contributed by atoms with Crippen LogP contribution in [0.1, 0.15) is 37.0 Å². The average Bonchev–Trinajstić information content (AvgIpc) is 2.68. The fourth-order valence-electron chi connectivity index (χ4n) is 2.94. The van der Waals surface area contributed by atoms with Gasteiger partial charge in [0, 0.05) is 18.8 Å². The van der Waals surface area contributed by atoms with Crippen LogP contribution in [0.15, 0.2) is 48.5 Å². The molecule has 3 amide bonds. The summed E-state index contributed by atoms with van der Waals surface area (Å²) in [6, 6.07) is 14.6. The van der Waals surface area contributed by atoms with Crippen LogP contribution in [0, 0.1) is 12.8 Å². The van der Waals surface area contributed by atoms with Crippen molar-refractivity contribution in [2.45, 2.75) is 46.2 Å². The van der Waals surface area contributed by atoms with Gasteiger partial charge in [0.05, 0.1) is 0 Å². The van der Waals surface area contributed by atoms with Gasteiger partial charge in [0.15, 0.2) is 0 Å². The van der Waals surface area contributed by atoms with Gasteiger partial charge >= 0.3 is 6.03 Å². The van der Waals surface area contributed by atoms with Crippen molar-refractivity contribution in [1.29, 1.82) is 0 Å². The van der Waals surface area contributed by atoms with E-state index in [1.165, 1.54) is 5.56 Å². The van der Waals surface area contributed by atoms with Crippen molar-refractivity contribution in [1.82, 2.24) is 16.0 Å². The third-order valence-corrected chi connectivity index (χ3v) is 4.60. The van der Waals surface area contributed by atoms with E-state index in [0.29, 0.717) is 25.9 Å². The standard InChI is InChI=1S/C23H32N4O2.ClH/c1-16(2)14-21(22(28)25-13-12-18-8-10-20(24)11-9-18)27-23(29)26-15-19-6-4-17(3)5-7-19;/h4-11,16,21H,12-15,24H2,1-3H3,(H,25,28)(H2,26,27,29);1H. The summed E-state index contributed by atoms with van der Waals surface area (Å²) in [5.41, 5.74) is 9.69. The molecule has 0 aliphatic rings. The Morgan fingerprint density at radius 1 is 0.933 bits per heavy atom. The highest BCUT2D eigenvalue weighted by atomic mass is 35.5. The van der Waals surface area contributed by atoms with Crippen molar-refractivity contribution >= 4 is 30.0 Å². The third kappa shape index (κ3) is 9.18. The van der Waals surface area contributed by atoms with Crippen LogP contribution in [-0.4, -0.2) is 24.5 Å². The van der Waals surface area contributed by atoms with Crippen molar-refractivity contribution in [3.8, 4) is 0 Å². The van der Waals surface area contributed by atoms with Crippen molar-refractivity contribution in [3.63, 3.8) is 0 Å². The zero-order valence-corrected chi connectivity index (χ0v) is 18.7. The van der Waals surface area contributed by atoms with E-state index in [1.807, 2.05) is 69.3 Å². The smallest absolute Gasteiger partial charge is 0.315 e. The van der Waals surface area contributed by atoms with Crippen LogP contribution in [0.25, 0.3) is 0 Å². The minimum Gasteiger partial charge on any atom is -0.399 e. The molecule has 2 aromatic rings. The van der Waals surface area contributed by atoms with Crippen molar-refractivity contribution < 1.29 is 9.59 Å². The van der Waals surface area contributed by atoms with Gasteiger partial charge < -0.3 is 21.7 Å². The Kier molecular flexibility index (Phi) is 10.8. The lowest BCUT2D eigenvalue weighted by Crippen LogP contribution is -2.50. The SMILES string of the molecule is Cc1ccc(CNC(=O)NC(CC(C)C)C(=O)NCCc2ccc(N)cc2)cc1.Cl. The molecule has 0 aliphatic heterocycles. The number of anilines is 1. The Hall–Kier alpha value is -2.73. The molecule has 6 nitrogen and oxygen atoms in total. The number of nitrogen functional groups attached to an aromatic ring is 1. The van der Waals surface area contributed by atoms with E-state index < -0.39 is 6.04 Å². The maximum Gasteiger partial charge on any atom is 0.315 e. The first-order valence-electron chi connectivity index (χ1n) is 10.1. The molecule has 164 valence electrons. The highest BCUT2D eigenvalue weighted by molar-refractivity contribution is 5.87. The Labute approximate surface area is 185 Å². The lowest BCUT2D eigenvalue weighted by Gasteiger charge is -2.20. The molecule has 0 saturated heterocycles. The molecule has 0 fully saturated rings. The molecule has 0 heterocycles. The predicted octanol–water partition coefficient (Wildman–Crippen LogP) is 3.57. The molecule has 1 atom stereocenters. The molecule has 30 heavy (non-hydrogen) atoms. The molecule has 5 N–H and O–H groups in total. The van der Waals surface area contributed by atoms with Gasteiger partial charge in [-0.3, -0.25) is 4.79 Å². The predicted molar refractivity (Wildman–Crippen MR) is 125 cm³/mol. The van der Waals surface area contributed by atoms with Gasteiger partial charge in [-0.05, 0) is 48.9 Å². The zero-order chi connectivity index (χ0) is 21.2. The first-order valence-corrected chi connectivity index (χ1v) is 10.1. The molecule has 0 aliphatic carbocycles. The number of hydrogen-bond acceptors (Lipinski definition) is 3. The Morgan fingerprint density at radius 3 is 2.13 bits per heavy atom. The van der Waals surface area contributed by atoms with Gasteiger partial charge in [0.1, 0.15) is 6.04 Å². The highest BCUT2D eigenvalue weighted by Gasteiger charge is 2.21. The monoisotopic (exact) mass is 432 g/mol. The number of nitrogens with one attached hydrogen (secondary N) is 3. The summed E-state index contributed by atoms with van der Waals surface area (Å²) < 4.78 is 0. The molecule has 0 bridgehead atoms. The highest BCUT2D eigenvalue weighted by Crippen LogP contribution is 2.07. The van der Waals surface area contributed by atoms with E-state index in [1.54, 1.807) is 0 Å². The number of amides is 3. The first kappa shape index (κ1) is 25.3. The van der Waals surface area contributed by atoms with Crippen LogP contribution in [-0.2, 0) is 17.8 Å². The molecule has 0 spiro atoms. The number of nitrogens with two attached hydrogens (primary N) is 1. The number of urea groups is 1. The first-order chi connectivity index (χ1) is 13.8. The van der Waals surface area contributed by atoms with Crippen molar-refractivity contribution in [2.75, 3.05) is 12.3 Å². The summed E-state index contributed by atoms with van der Waals surface area (Å²) in [5.74, 6) is 0.111. The summed E-state index contributed by atoms with van der Waals surface area (Å²) in [6.07, 6.45) is 1.28. The van der Waals surface area contributed by atoms with Gasteiger partial charge in [-0.1, -0.05) is 55.8 Å². The number of carbonyl (C=O) groups is 2. The average molecular weight is 433 g/mol. The molecule has 1 unspecified atom stereocenters. The summed E-state index contributed by atoms with van der Waals surface area (Å²) in [7, 11) is 0. The van der Waals surface area contributed by atoms with Gasteiger partial charge in [-0.15, -0.1) is 12.4 Å². The maximum atomic E-state index is 12.6. The van der Waals surface area contributed by atoms with E-state index in [-0.39, 0.29) is 30.3 Å². The number of carbonyl (C=O) groups excluding carboxylic acids is 2. The summed E-state index contributed by atoms with van der Waals surface area (Å²) >= 11 is 0. The molecule has 7 heteroatoms. The molecule has 2 aromatic carbocycles. The number of hydrogen-bond donors (Lipinski definition) is 4. The molecular weight excluding hydrogens is 400 g/mol. The molecule has 0 radical (unpaired) electrons. The quantitative estimate of drug-likeness (QED) is 0.456. The van der Waals surface area contributed by atoms with E-state index >= 15 is 0 Å². The van der Waals surface area contributed by atoms with Crippen molar-refractivity contribution in [2.24, 2.45) is 5.92 Å². The lowest BCUT2D eigenvalue weighted by molar-refractivity contribution is -0.123. The number of benzene rings is 2. The van der Waals surface area contributed by atoms with Crippen LogP contribution >= 0.6 is 12.4 Å². The largest absolute Gasteiger partial charge is 0.399 e. The zero-order valence-electron chi connectivity index (χ0n) is 17.9. The van der Waals surface area contributed by atoms with Crippen LogP contribution in [0.3, 0.4) is 0 Å². The molecule has 0 aromatic heterocycles. The summed E-state index contributed by atoms with van der Waals surface area (Å²) in [4.78, 5) is 24.9. The summed E-state index contributed by atoms with van der Waals surface area (Å²) in [6.45, 7) is 7.00. The van der Waals surface area contributed by atoms with Crippen LogP contribution < -0.4 is 21.7 Å². The number of aryl methyl sites for hydroxylation is 1. The van der Waals surface area contributed by atoms with Crippen LogP contribution in [0.2, 0.25) is 0 Å². The Morgan fingerprint density at radius 2 is 1.53 bits per heavy atom. The molecular formula is C23H33ClN4O2. The fraction of sp³-hybridized carbons (Fsp3) is 0.391. The number of halogens is 1. The van der Waals surface area contributed by atoms with Gasteiger partial charge in [-0.25, -0.2) is 4.79 Å². The van der Waals surface area contributed by atoms with E-state index in [9.17, 15) is 9.59 Å². The van der Waals surface area contributed by atoms with Crippen LogP contribution in [0.4, 0.5) is 10.5 Å². The van der Waals surface area contributed by atoms with Crippen LogP contribution in [0.5, 0.6) is 0 Å². The fourth-order valence-corrected chi connectivity index (χ4v) is 2.94. The van der Waals surface area contributed by atoms with E-state index in [0.717, 1.165) is 16.8 Å². The minimum absolute atomic E-state index is 0. The lowest BCUT2D eigenvalue weighted by atomic mass is 10.0.